The van der Waals surface area contributed by atoms with Crippen molar-refractivity contribution in [3.05, 3.63) is 28.8 Å². The molecular weight excluding hydrogens is 200 g/mol. The number of carbonyl (C=O) groups is 1. The molecule has 0 saturated carbocycles. The van der Waals surface area contributed by atoms with Crippen molar-refractivity contribution in [3.8, 4) is 5.75 Å². The summed E-state index contributed by atoms with van der Waals surface area (Å²) < 4.78 is 5.46. The number of halogens is 1. The Labute approximate surface area is 87.8 Å². The summed E-state index contributed by atoms with van der Waals surface area (Å²) in [5.41, 5.74) is 0.613. The Morgan fingerprint density at radius 3 is 3.07 bits per heavy atom. The highest BCUT2D eigenvalue weighted by Crippen LogP contribution is 2.29. The molecule has 0 saturated heterocycles. The molecule has 0 aromatic heterocycles. The van der Waals surface area contributed by atoms with Gasteiger partial charge in [0.05, 0.1) is 12.2 Å². The molecule has 3 heteroatoms. The van der Waals surface area contributed by atoms with Crippen molar-refractivity contribution in [2.24, 2.45) is 5.92 Å². The summed E-state index contributed by atoms with van der Waals surface area (Å²) >= 11 is 5.84. The van der Waals surface area contributed by atoms with Crippen LogP contribution in [0.3, 0.4) is 0 Å². The van der Waals surface area contributed by atoms with Crippen molar-refractivity contribution in [3.63, 3.8) is 0 Å². The lowest BCUT2D eigenvalue weighted by Gasteiger charge is -2.06. The monoisotopic (exact) mass is 210 g/mol. The number of carbonyl (C=O) groups excluding carboxylic acids is 1. The van der Waals surface area contributed by atoms with E-state index in [9.17, 15) is 4.79 Å². The number of hydrogen-bond donors (Lipinski definition) is 0. The van der Waals surface area contributed by atoms with Gasteiger partial charge in [-0.3, -0.25) is 4.79 Å². The smallest absolute Gasteiger partial charge is 0.169 e. The molecule has 14 heavy (non-hydrogen) atoms. The van der Waals surface area contributed by atoms with Gasteiger partial charge in [0, 0.05) is 10.9 Å². The highest BCUT2D eigenvalue weighted by Gasteiger charge is 2.22. The molecule has 0 amide bonds. The van der Waals surface area contributed by atoms with Gasteiger partial charge in [0.15, 0.2) is 5.78 Å². The third kappa shape index (κ3) is 1.62. The second-order valence-corrected chi connectivity index (χ2v) is 3.98. The summed E-state index contributed by atoms with van der Waals surface area (Å²) in [5.74, 6) is 0.804. The fourth-order valence-electron chi connectivity index (χ4n) is 1.56. The third-order valence-corrected chi connectivity index (χ3v) is 2.70. The number of hydrogen-bond acceptors (Lipinski definition) is 2. The number of rotatable bonds is 0. The zero-order valence-corrected chi connectivity index (χ0v) is 8.67. The quantitative estimate of drug-likeness (QED) is 0.658. The molecule has 0 radical (unpaired) electrons. The fraction of sp³-hybridized carbons (Fsp3) is 0.364. The molecule has 74 valence electrons. The first-order chi connectivity index (χ1) is 6.68. The van der Waals surface area contributed by atoms with E-state index in [4.69, 9.17) is 16.3 Å². The summed E-state index contributed by atoms with van der Waals surface area (Å²) in [6, 6.07) is 5.18. The first-order valence-electron chi connectivity index (χ1n) is 4.65. The van der Waals surface area contributed by atoms with E-state index in [1.807, 2.05) is 6.92 Å². The zero-order valence-electron chi connectivity index (χ0n) is 7.92. The molecule has 0 aliphatic carbocycles. The molecule has 1 aromatic rings. The van der Waals surface area contributed by atoms with Crippen molar-refractivity contribution >= 4 is 17.4 Å². The van der Waals surface area contributed by atoms with Crippen LogP contribution in [0.5, 0.6) is 5.75 Å². The topological polar surface area (TPSA) is 26.3 Å². The molecule has 1 aliphatic rings. The minimum absolute atomic E-state index is 0.0229. The van der Waals surface area contributed by atoms with E-state index in [0.29, 0.717) is 22.9 Å². The number of benzene rings is 1. The van der Waals surface area contributed by atoms with Gasteiger partial charge in [0.1, 0.15) is 5.75 Å². The molecule has 2 nitrogen and oxygen atoms in total. The summed E-state index contributed by atoms with van der Waals surface area (Å²) in [6.45, 7) is 2.52. The standard InChI is InChI=1S/C11H11ClO2/c1-7-4-5-14-10-3-2-8(12)6-9(10)11(7)13/h2-3,6-7H,4-5H2,1H3. The second-order valence-electron chi connectivity index (χ2n) is 3.54. The average molecular weight is 211 g/mol. The van der Waals surface area contributed by atoms with Crippen LogP contribution in [-0.4, -0.2) is 12.4 Å². The minimum atomic E-state index is 0.0229. The van der Waals surface area contributed by atoms with Gasteiger partial charge in [-0.2, -0.15) is 0 Å². The molecule has 0 fully saturated rings. The predicted octanol–water partition coefficient (Wildman–Crippen LogP) is 2.94. The van der Waals surface area contributed by atoms with Crippen LogP contribution in [-0.2, 0) is 0 Å². The third-order valence-electron chi connectivity index (χ3n) is 2.46. The Balaban J connectivity index is 2.50. The molecular formula is C11H11ClO2. The zero-order chi connectivity index (χ0) is 10.1. The first kappa shape index (κ1) is 9.53. The van der Waals surface area contributed by atoms with Crippen molar-refractivity contribution in [1.82, 2.24) is 0 Å². The number of fused-ring (bicyclic) bond motifs is 1. The lowest BCUT2D eigenvalue weighted by atomic mass is 9.97. The maximum atomic E-state index is 11.9. The van der Waals surface area contributed by atoms with E-state index in [-0.39, 0.29) is 11.7 Å². The molecule has 1 aromatic carbocycles. The minimum Gasteiger partial charge on any atom is -0.493 e. The van der Waals surface area contributed by atoms with Crippen LogP contribution >= 0.6 is 11.6 Å². The van der Waals surface area contributed by atoms with Crippen LogP contribution in [0, 0.1) is 5.92 Å². The average Bonchev–Trinajstić information content (AvgIpc) is 2.30. The molecule has 0 bridgehead atoms. The lowest BCUT2D eigenvalue weighted by molar-refractivity contribution is 0.0927. The van der Waals surface area contributed by atoms with E-state index in [0.717, 1.165) is 6.42 Å². The van der Waals surface area contributed by atoms with Crippen molar-refractivity contribution in [1.29, 1.82) is 0 Å². The number of ether oxygens (including phenoxy) is 1. The van der Waals surface area contributed by atoms with E-state index in [1.165, 1.54) is 0 Å². The van der Waals surface area contributed by atoms with Gasteiger partial charge in [-0.1, -0.05) is 18.5 Å². The number of ketones is 1. The van der Waals surface area contributed by atoms with Crippen molar-refractivity contribution in [2.45, 2.75) is 13.3 Å². The van der Waals surface area contributed by atoms with Gasteiger partial charge < -0.3 is 4.74 Å². The first-order valence-corrected chi connectivity index (χ1v) is 5.03. The highest BCUT2D eigenvalue weighted by molar-refractivity contribution is 6.31. The molecule has 1 aliphatic heterocycles. The maximum absolute atomic E-state index is 11.9. The Kier molecular flexibility index (Phi) is 2.46. The predicted molar refractivity (Wildman–Crippen MR) is 55.1 cm³/mol. The fourth-order valence-corrected chi connectivity index (χ4v) is 1.73. The Hall–Kier alpha value is -1.02. The van der Waals surface area contributed by atoms with Gasteiger partial charge >= 0.3 is 0 Å². The maximum Gasteiger partial charge on any atom is 0.169 e. The van der Waals surface area contributed by atoms with Crippen molar-refractivity contribution in [2.75, 3.05) is 6.61 Å². The van der Waals surface area contributed by atoms with E-state index < -0.39 is 0 Å². The van der Waals surface area contributed by atoms with Crippen LogP contribution in [0.4, 0.5) is 0 Å². The number of Topliss-reactive ketones (excluding diaryl/α,β-unsaturated/α-hetero) is 1. The molecule has 0 spiro atoms. The lowest BCUT2D eigenvalue weighted by Crippen LogP contribution is -2.09. The van der Waals surface area contributed by atoms with Crippen LogP contribution in [0.15, 0.2) is 18.2 Å². The van der Waals surface area contributed by atoms with E-state index in [2.05, 4.69) is 0 Å². The van der Waals surface area contributed by atoms with Gasteiger partial charge in [0.2, 0.25) is 0 Å². The molecule has 1 heterocycles. The molecule has 2 rings (SSSR count). The van der Waals surface area contributed by atoms with Crippen LogP contribution in [0.25, 0.3) is 0 Å². The molecule has 1 unspecified atom stereocenters. The van der Waals surface area contributed by atoms with Gasteiger partial charge in [0.25, 0.3) is 0 Å². The van der Waals surface area contributed by atoms with Gasteiger partial charge in [-0.15, -0.1) is 0 Å². The molecule has 1 atom stereocenters. The van der Waals surface area contributed by atoms with Crippen LogP contribution < -0.4 is 4.74 Å². The van der Waals surface area contributed by atoms with E-state index in [1.54, 1.807) is 18.2 Å². The largest absolute Gasteiger partial charge is 0.493 e. The summed E-state index contributed by atoms with van der Waals surface area (Å²) in [6.07, 6.45) is 0.769. The summed E-state index contributed by atoms with van der Waals surface area (Å²) in [7, 11) is 0. The summed E-state index contributed by atoms with van der Waals surface area (Å²) in [5, 5.41) is 0.579. The summed E-state index contributed by atoms with van der Waals surface area (Å²) in [4.78, 5) is 11.9. The Morgan fingerprint density at radius 2 is 2.29 bits per heavy atom. The highest BCUT2D eigenvalue weighted by atomic mass is 35.5. The van der Waals surface area contributed by atoms with Gasteiger partial charge in [-0.05, 0) is 24.6 Å². The van der Waals surface area contributed by atoms with Crippen LogP contribution in [0.2, 0.25) is 5.02 Å². The normalized spacial score (nSPS) is 21.0. The molecule has 0 N–H and O–H groups in total. The Bertz CT molecular complexity index is 374. The second kappa shape index (κ2) is 3.62. The Morgan fingerprint density at radius 1 is 1.50 bits per heavy atom. The SMILES string of the molecule is CC1CCOc2ccc(Cl)cc2C1=O. The van der Waals surface area contributed by atoms with E-state index >= 15 is 0 Å². The van der Waals surface area contributed by atoms with Crippen molar-refractivity contribution < 1.29 is 9.53 Å². The van der Waals surface area contributed by atoms with Gasteiger partial charge in [-0.25, -0.2) is 0 Å². The van der Waals surface area contributed by atoms with Crippen LogP contribution in [0.1, 0.15) is 23.7 Å².